The first-order chi connectivity index (χ1) is 12.6. The summed E-state index contributed by atoms with van der Waals surface area (Å²) >= 11 is 1.61. The molecule has 1 aliphatic heterocycles. The number of hydrogen-bond acceptors (Lipinski definition) is 7. The number of anilines is 3. The standard InChI is InChI=1S/C17H19N7OS/c1-3-14(25)24-9-11(10-24)8-18-16-15-12(5-7-26-15)20-17(22-16)21-13-4-6-19-23(13)2/h3-7,11H,1,8-10H2,2H3,(H2,18,20,21,22). The number of carbonyl (C=O) groups is 1. The van der Waals surface area contributed by atoms with Gasteiger partial charge in [-0.3, -0.25) is 9.48 Å². The zero-order valence-corrected chi connectivity index (χ0v) is 15.2. The first-order valence-electron chi connectivity index (χ1n) is 8.29. The maximum absolute atomic E-state index is 11.5. The van der Waals surface area contributed by atoms with E-state index >= 15 is 0 Å². The minimum atomic E-state index is -0.00778. The van der Waals surface area contributed by atoms with Crippen molar-refractivity contribution in [3.63, 3.8) is 0 Å². The minimum absolute atomic E-state index is 0.00778. The molecule has 0 atom stereocenters. The van der Waals surface area contributed by atoms with E-state index in [0.29, 0.717) is 11.9 Å². The number of nitrogens with zero attached hydrogens (tertiary/aromatic N) is 5. The van der Waals surface area contributed by atoms with E-state index in [1.54, 1.807) is 27.1 Å². The maximum atomic E-state index is 11.5. The van der Waals surface area contributed by atoms with Gasteiger partial charge >= 0.3 is 0 Å². The third-order valence-electron chi connectivity index (χ3n) is 4.37. The van der Waals surface area contributed by atoms with Crippen LogP contribution >= 0.6 is 11.3 Å². The average molecular weight is 369 g/mol. The summed E-state index contributed by atoms with van der Waals surface area (Å²) < 4.78 is 2.76. The molecule has 1 saturated heterocycles. The molecule has 0 unspecified atom stereocenters. The fourth-order valence-electron chi connectivity index (χ4n) is 2.90. The van der Waals surface area contributed by atoms with Gasteiger partial charge in [-0.05, 0) is 17.5 Å². The van der Waals surface area contributed by atoms with Gasteiger partial charge in [0.25, 0.3) is 0 Å². The minimum Gasteiger partial charge on any atom is -0.368 e. The zero-order valence-electron chi connectivity index (χ0n) is 14.3. The summed E-state index contributed by atoms with van der Waals surface area (Å²) in [7, 11) is 1.86. The van der Waals surface area contributed by atoms with Crippen LogP contribution in [0.25, 0.3) is 10.2 Å². The van der Waals surface area contributed by atoms with E-state index in [9.17, 15) is 4.79 Å². The van der Waals surface area contributed by atoms with Gasteiger partial charge in [-0.25, -0.2) is 4.98 Å². The summed E-state index contributed by atoms with van der Waals surface area (Å²) in [6.07, 6.45) is 3.08. The Bertz CT molecular complexity index is 957. The van der Waals surface area contributed by atoms with Crippen molar-refractivity contribution in [2.24, 2.45) is 13.0 Å². The normalized spacial score (nSPS) is 14.3. The number of thiophene rings is 1. The van der Waals surface area contributed by atoms with Crippen molar-refractivity contribution in [2.45, 2.75) is 0 Å². The maximum Gasteiger partial charge on any atom is 0.245 e. The van der Waals surface area contributed by atoms with Crippen molar-refractivity contribution in [1.82, 2.24) is 24.6 Å². The largest absolute Gasteiger partial charge is 0.368 e. The van der Waals surface area contributed by atoms with Gasteiger partial charge in [0, 0.05) is 38.7 Å². The second kappa shape index (κ2) is 6.75. The van der Waals surface area contributed by atoms with Crippen molar-refractivity contribution in [2.75, 3.05) is 30.3 Å². The molecule has 0 aromatic carbocycles. The second-order valence-electron chi connectivity index (χ2n) is 6.19. The molecule has 0 aliphatic carbocycles. The predicted octanol–water partition coefficient (Wildman–Crippen LogP) is 2.22. The molecule has 3 aromatic heterocycles. The molecule has 26 heavy (non-hydrogen) atoms. The predicted molar refractivity (Wildman–Crippen MR) is 103 cm³/mol. The molecular weight excluding hydrogens is 350 g/mol. The molecule has 0 bridgehead atoms. The third kappa shape index (κ3) is 3.13. The van der Waals surface area contributed by atoms with Crippen molar-refractivity contribution < 1.29 is 4.79 Å². The van der Waals surface area contributed by atoms with Crippen LogP contribution in [0.3, 0.4) is 0 Å². The third-order valence-corrected chi connectivity index (χ3v) is 5.28. The Labute approximate surface area is 154 Å². The van der Waals surface area contributed by atoms with Gasteiger partial charge < -0.3 is 15.5 Å². The monoisotopic (exact) mass is 369 g/mol. The van der Waals surface area contributed by atoms with Gasteiger partial charge in [-0.15, -0.1) is 11.3 Å². The summed E-state index contributed by atoms with van der Waals surface area (Å²) in [6, 6.07) is 3.85. The summed E-state index contributed by atoms with van der Waals surface area (Å²) in [6.45, 7) is 5.77. The fourth-order valence-corrected chi connectivity index (χ4v) is 3.70. The van der Waals surface area contributed by atoms with Crippen LogP contribution in [-0.4, -0.2) is 50.2 Å². The van der Waals surface area contributed by atoms with Gasteiger partial charge in [0.05, 0.1) is 16.4 Å². The highest BCUT2D eigenvalue weighted by Gasteiger charge is 2.29. The summed E-state index contributed by atoms with van der Waals surface area (Å²) in [5.41, 5.74) is 0.897. The molecule has 0 radical (unpaired) electrons. The molecule has 8 nitrogen and oxygen atoms in total. The molecule has 1 amide bonds. The first kappa shape index (κ1) is 16.5. The molecule has 4 heterocycles. The number of aromatic nitrogens is 4. The Morgan fingerprint density at radius 3 is 3.00 bits per heavy atom. The van der Waals surface area contributed by atoms with Crippen molar-refractivity contribution in [3.05, 3.63) is 36.4 Å². The van der Waals surface area contributed by atoms with Crippen molar-refractivity contribution >= 4 is 45.0 Å². The number of amides is 1. The summed E-state index contributed by atoms with van der Waals surface area (Å²) in [4.78, 5) is 22.5. The first-order valence-corrected chi connectivity index (χ1v) is 9.17. The fraction of sp³-hybridized carbons (Fsp3) is 0.294. The van der Waals surface area contributed by atoms with E-state index in [-0.39, 0.29) is 5.91 Å². The van der Waals surface area contributed by atoms with Crippen LogP contribution in [0.2, 0.25) is 0 Å². The van der Waals surface area contributed by atoms with Crippen LogP contribution in [-0.2, 0) is 11.8 Å². The van der Waals surface area contributed by atoms with Crippen LogP contribution in [0.5, 0.6) is 0 Å². The number of hydrogen-bond donors (Lipinski definition) is 2. The van der Waals surface area contributed by atoms with E-state index in [1.807, 2.05) is 24.6 Å². The quantitative estimate of drug-likeness (QED) is 0.648. The Morgan fingerprint density at radius 1 is 1.42 bits per heavy atom. The molecule has 0 spiro atoms. The van der Waals surface area contributed by atoms with Gasteiger partial charge in [-0.2, -0.15) is 10.1 Å². The number of likely N-dealkylation sites (tertiary alicyclic amines) is 1. The van der Waals surface area contributed by atoms with Gasteiger partial charge in [-0.1, -0.05) is 6.58 Å². The number of carbonyl (C=O) groups excluding carboxylic acids is 1. The summed E-state index contributed by atoms with van der Waals surface area (Å²) in [5, 5.41) is 12.8. The van der Waals surface area contributed by atoms with E-state index < -0.39 is 0 Å². The lowest BCUT2D eigenvalue weighted by Crippen LogP contribution is -2.51. The Morgan fingerprint density at radius 2 is 2.27 bits per heavy atom. The van der Waals surface area contributed by atoms with E-state index in [0.717, 1.165) is 41.5 Å². The number of fused-ring (bicyclic) bond motifs is 1. The topological polar surface area (TPSA) is 88.0 Å². The smallest absolute Gasteiger partial charge is 0.245 e. The number of aryl methyl sites for hydroxylation is 1. The van der Waals surface area contributed by atoms with Crippen LogP contribution in [0.1, 0.15) is 0 Å². The lowest BCUT2D eigenvalue weighted by molar-refractivity contribution is -0.131. The summed E-state index contributed by atoms with van der Waals surface area (Å²) in [5.74, 6) is 2.56. The second-order valence-corrected chi connectivity index (χ2v) is 7.11. The Balaban J connectivity index is 1.48. The molecule has 9 heteroatoms. The van der Waals surface area contributed by atoms with Crippen LogP contribution < -0.4 is 10.6 Å². The molecule has 134 valence electrons. The van der Waals surface area contributed by atoms with Crippen LogP contribution in [0.15, 0.2) is 36.4 Å². The molecular formula is C17H19N7OS. The van der Waals surface area contributed by atoms with E-state index in [2.05, 4.69) is 32.3 Å². The lowest BCUT2D eigenvalue weighted by Gasteiger charge is -2.38. The zero-order chi connectivity index (χ0) is 18.1. The molecule has 2 N–H and O–H groups in total. The van der Waals surface area contributed by atoms with Gasteiger partial charge in [0.1, 0.15) is 11.6 Å². The lowest BCUT2D eigenvalue weighted by atomic mass is 10.00. The highest BCUT2D eigenvalue weighted by Crippen LogP contribution is 2.29. The average Bonchev–Trinajstić information content (AvgIpc) is 3.22. The molecule has 3 aromatic rings. The van der Waals surface area contributed by atoms with E-state index in [1.165, 1.54) is 6.08 Å². The Kier molecular flexibility index (Phi) is 4.29. The molecule has 4 rings (SSSR count). The van der Waals surface area contributed by atoms with Crippen LogP contribution in [0.4, 0.5) is 17.6 Å². The van der Waals surface area contributed by atoms with E-state index in [4.69, 9.17) is 0 Å². The number of nitrogens with one attached hydrogen (secondary N) is 2. The van der Waals surface area contributed by atoms with Crippen molar-refractivity contribution in [1.29, 1.82) is 0 Å². The molecule has 0 saturated carbocycles. The van der Waals surface area contributed by atoms with Gasteiger partial charge in [0.15, 0.2) is 0 Å². The number of rotatable bonds is 6. The highest BCUT2D eigenvalue weighted by molar-refractivity contribution is 7.17. The van der Waals surface area contributed by atoms with Gasteiger partial charge in [0.2, 0.25) is 11.9 Å². The molecule has 1 fully saturated rings. The highest BCUT2D eigenvalue weighted by atomic mass is 32.1. The SMILES string of the molecule is C=CC(=O)N1CC(CNc2nc(Nc3ccnn3C)nc3ccsc23)C1. The Hall–Kier alpha value is -2.94. The van der Waals surface area contributed by atoms with Crippen molar-refractivity contribution in [3.8, 4) is 0 Å². The molecule has 1 aliphatic rings. The van der Waals surface area contributed by atoms with Crippen LogP contribution in [0, 0.1) is 5.92 Å².